The number of nitrogens with two attached hydrogens (primary N) is 1. The van der Waals surface area contributed by atoms with E-state index in [2.05, 4.69) is 15.9 Å². The molecule has 22 heavy (non-hydrogen) atoms. The van der Waals surface area contributed by atoms with Crippen molar-refractivity contribution in [3.63, 3.8) is 0 Å². The second kappa shape index (κ2) is 7.28. The van der Waals surface area contributed by atoms with Gasteiger partial charge in [-0.1, -0.05) is 0 Å². The van der Waals surface area contributed by atoms with Crippen LogP contribution in [0, 0.1) is 11.8 Å². The molecular weight excluding hydrogens is 352 g/mol. The average Bonchev–Trinajstić information content (AvgIpc) is 2.47. The SMILES string of the molecule is Cn1cc(Br)c(O[C@H]2CC[C@H](C(CO)C(N)=O)CC2)cc1=O. The predicted molar refractivity (Wildman–Crippen MR) is 85.5 cm³/mol. The summed E-state index contributed by atoms with van der Waals surface area (Å²) in [4.78, 5) is 23.0. The molecular formula is C15H21BrN2O4. The first-order valence-corrected chi connectivity index (χ1v) is 8.14. The average molecular weight is 373 g/mol. The van der Waals surface area contributed by atoms with Gasteiger partial charge in [-0.3, -0.25) is 9.59 Å². The van der Waals surface area contributed by atoms with Crippen molar-refractivity contribution in [2.75, 3.05) is 6.61 Å². The molecule has 1 heterocycles. The van der Waals surface area contributed by atoms with E-state index in [1.165, 1.54) is 10.6 Å². The molecule has 0 aliphatic heterocycles. The highest BCUT2D eigenvalue weighted by molar-refractivity contribution is 9.10. The monoisotopic (exact) mass is 372 g/mol. The molecule has 1 aromatic heterocycles. The molecule has 122 valence electrons. The Morgan fingerprint density at radius 2 is 2.14 bits per heavy atom. The lowest BCUT2D eigenvalue weighted by molar-refractivity contribution is -0.125. The van der Waals surface area contributed by atoms with Gasteiger partial charge in [-0.15, -0.1) is 0 Å². The summed E-state index contributed by atoms with van der Waals surface area (Å²) < 4.78 is 8.12. The van der Waals surface area contributed by atoms with Gasteiger partial charge in [0.15, 0.2) is 0 Å². The van der Waals surface area contributed by atoms with E-state index in [1.54, 1.807) is 13.2 Å². The third kappa shape index (κ3) is 3.89. The summed E-state index contributed by atoms with van der Waals surface area (Å²) in [5.74, 6) is -0.271. The van der Waals surface area contributed by atoms with E-state index in [1.807, 2.05) is 0 Å². The fourth-order valence-corrected chi connectivity index (χ4v) is 3.45. The lowest BCUT2D eigenvalue weighted by Crippen LogP contribution is -2.36. The highest BCUT2D eigenvalue weighted by Gasteiger charge is 2.31. The molecule has 0 bridgehead atoms. The Morgan fingerprint density at radius 3 is 2.68 bits per heavy atom. The molecule has 6 nitrogen and oxygen atoms in total. The molecule has 1 aliphatic rings. The first-order chi connectivity index (χ1) is 10.4. The van der Waals surface area contributed by atoms with Gasteiger partial charge >= 0.3 is 0 Å². The summed E-state index contributed by atoms with van der Waals surface area (Å²) in [5.41, 5.74) is 5.19. The third-order valence-corrected chi connectivity index (χ3v) is 4.88. The van der Waals surface area contributed by atoms with Gasteiger partial charge in [0.2, 0.25) is 5.91 Å². The maximum Gasteiger partial charge on any atom is 0.254 e. The molecule has 2 rings (SSSR count). The molecule has 0 radical (unpaired) electrons. The zero-order valence-corrected chi connectivity index (χ0v) is 14.1. The van der Waals surface area contributed by atoms with E-state index in [9.17, 15) is 14.7 Å². The van der Waals surface area contributed by atoms with Crippen LogP contribution in [0.15, 0.2) is 21.5 Å². The standard InChI is InChI=1S/C15H21BrN2O4/c1-18-7-12(16)13(6-14(18)20)22-10-4-2-9(3-5-10)11(8-19)15(17)21/h6-7,9-11,19H,2-5,8H2,1H3,(H2,17,21)/t9-,10-,11?. The van der Waals surface area contributed by atoms with Crippen LogP contribution < -0.4 is 16.0 Å². The number of carbonyl (C=O) groups is 1. The lowest BCUT2D eigenvalue weighted by atomic mass is 9.79. The number of hydrogen-bond donors (Lipinski definition) is 2. The van der Waals surface area contributed by atoms with Crippen LogP contribution in [0.1, 0.15) is 25.7 Å². The number of rotatable bonds is 5. The van der Waals surface area contributed by atoms with Crippen molar-refractivity contribution in [1.29, 1.82) is 0 Å². The molecule has 0 spiro atoms. The van der Waals surface area contributed by atoms with E-state index in [4.69, 9.17) is 10.5 Å². The Hall–Kier alpha value is -1.34. The van der Waals surface area contributed by atoms with Crippen molar-refractivity contribution in [2.45, 2.75) is 31.8 Å². The number of ether oxygens (including phenoxy) is 1. The van der Waals surface area contributed by atoms with Gasteiger partial charge < -0.3 is 20.1 Å². The highest BCUT2D eigenvalue weighted by Crippen LogP contribution is 2.33. The minimum absolute atomic E-state index is 0.00637. The lowest BCUT2D eigenvalue weighted by Gasteiger charge is -2.32. The van der Waals surface area contributed by atoms with Crippen molar-refractivity contribution in [2.24, 2.45) is 24.6 Å². The van der Waals surface area contributed by atoms with Crippen LogP contribution in [0.5, 0.6) is 5.75 Å². The molecule has 1 atom stereocenters. The van der Waals surface area contributed by atoms with E-state index in [-0.39, 0.29) is 24.2 Å². The maximum atomic E-state index is 11.7. The Labute approximate surface area is 137 Å². The van der Waals surface area contributed by atoms with Gasteiger partial charge in [0.25, 0.3) is 5.56 Å². The van der Waals surface area contributed by atoms with Crippen LogP contribution in [0.2, 0.25) is 0 Å². The molecule has 1 aromatic rings. The summed E-state index contributed by atoms with van der Waals surface area (Å²) in [6.45, 7) is -0.203. The number of aryl methyl sites for hydroxylation is 1. The van der Waals surface area contributed by atoms with Crippen LogP contribution in [0.4, 0.5) is 0 Å². The zero-order chi connectivity index (χ0) is 16.3. The number of aliphatic hydroxyl groups excluding tert-OH is 1. The number of nitrogens with zero attached hydrogens (tertiary/aromatic N) is 1. The van der Waals surface area contributed by atoms with Crippen molar-refractivity contribution < 1.29 is 14.6 Å². The van der Waals surface area contributed by atoms with Gasteiger partial charge in [0, 0.05) is 19.3 Å². The van der Waals surface area contributed by atoms with Crippen LogP contribution in [0.25, 0.3) is 0 Å². The number of halogens is 1. The number of aliphatic hydroxyl groups is 1. The zero-order valence-electron chi connectivity index (χ0n) is 12.5. The van der Waals surface area contributed by atoms with Crippen LogP contribution in [-0.2, 0) is 11.8 Å². The maximum absolute atomic E-state index is 11.7. The second-order valence-corrected chi connectivity index (χ2v) is 6.64. The van der Waals surface area contributed by atoms with E-state index < -0.39 is 11.8 Å². The van der Waals surface area contributed by atoms with Gasteiger partial charge in [-0.05, 0) is 47.5 Å². The Bertz CT molecular complexity index is 594. The van der Waals surface area contributed by atoms with Crippen LogP contribution in [-0.4, -0.2) is 28.3 Å². The minimum Gasteiger partial charge on any atom is -0.489 e. The van der Waals surface area contributed by atoms with Crippen LogP contribution in [0.3, 0.4) is 0 Å². The first-order valence-electron chi connectivity index (χ1n) is 7.35. The fraction of sp³-hybridized carbons (Fsp3) is 0.600. The summed E-state index contributed by atoms with van der Waals surface area (Å²) in [6, 6.07) is 1.47. The number of hydrogen-bond acceptors (Lipinski definition) is 4. The predicted octanol–water partition coefficient (Wildman–Crippen LogP) is 1.18. The van der Waals surface area contributed by atoms with Crippen molar-refractivity contribution in [3.8, 4) is 5.75 Å². The van der Waals surface area contributed by atoms with E-state index in [0.29, 0.717) is 5.75 Å². The second-order valence-electron chi connectivity index (χ2n) is 5.78. The van der Waals surface area contributed by atoms with Gasteiger partial charge in [0.1, 0.15) is 5.75 Å². The van der Waals surface area contributed by atoms with Crippen LogP contribution >= 0.6 is 15.9 Å². The normalized spacial score (nSPS) is 23.0. The van der Waals surface area contributed by atoms with E-state index >= 15 is 0 Å². The summed E-state index contributed by atoms with van der Waals surface area (Å²) in [6.07, 6.45) is 4.79. The Morgan fingerprint density at radius 1 is 1.50 bits per heavy atom. The number of primary amides is 1. The van der Waals surface area contributed by atoms with Gasteiger partial charge in [-0.2, -0.15) is 0 Å². The Balaban J connectivity index is 1.97. The van der Waals surface area contributed by atoms with Crippen molar-refractivity contribution in [3.05, 3.63) is 27.1 Å². The largest absolute Gasteiger partial charge is 0.489 e. The Kier molecular flexibility index (Phi) is 5.63. The van der Waals surface area contributed by atoms with Crippen molar-refractivity contribution >= 4 is 21.8 Å². The molecule has 1 amide bonds. The van der Waals surface area contributed by atoms with Gasteiger partial charge in [0.05, 0.1) is 23.1 Å². The minimum atomic E-state index is -0.475. The van der Waals surface area contributed by atoms with E-state index in [0.717, 1.165) is 30.2 Å². The molecule has 0 aromatic carbocycles. The molecule has 1 saturated carbocycles. The molecule has 1 aliphatic carbocycles. The summed E-state index contributed by atoms with van der Waals surface area (Å²) >= 11 is 3.39. The molecule has 7 heteroatoms. The third-order valence-electron chi connectivity index (χ3n) is 4.29. The molecule has 1 unspecified atom stereocenters. The van der Waals surface area contributed by atoms with Crippen molar-refractivity contribution in [1.82, 2.24) is 4.57 Å². The topological polar surface area (TPSA) is 94.5 Å². The number of carbonyl (C=O) groups excluding carboxylic acids is 1. The quantitative estimate of drug-likeness (QED) is 0.811. The molecule has 1 fully saturated rings. The summed E-state index contributed by atoms with van der Waals surface area (Å²) in [5, 5.41) is 9.27. The molecule has 3 N–H and O–H groups in total. The number of amides is 1. The highest BCUT2D eigenvalue weighted by atomic mass is 79.9. The number of aromatic nitrogens is 1. The molecule has 0 saturated heterocycles. The smallest absolute Gasteiger partial charge is 0.254 e. The summed E-state index contributed by atoms with van der Waals surface area (Å²) in [7, 11) is 1.68. The number of pyridine rings is 1. The first kappa shape index (κ1) is 17.0. The fourth-order valence-electron chi connectivity index (χ4n) is 2.93. The van der Waals surface area contributed by atoms with Gasteiger partial charge in [-0.25, -0.2) is 0 Å².